The predicted octanol–water partition coefficient (Wildman–Crippen LogP) is 3.89. The average Bonchev–Trinajstić information content (AvgIpc) is 2.81. The molecule has 0 bridgehead atoms. The monoisotopic (exact) mass is 333 g/mol. The summed E-state index contributed by atoms with van der Waals surface area (Å²) in [6.45, 7) is 0. The molecule has 0 radical (unpaired) electrons. The quantitative estimate of drug-likeness (QED) is 0.772. The average molecular weight is 334 g/mol. The van der Waals surface area contributed by atoms with Crippen molar-refractivity contribution in [2.75, 3.05) is 5.73 Å². The lowest BCUT2D eigenvalue weighted by Gasteiger charge is -2.05. The van der Waals surface area contributed by atoms with Gasteiger partial charge in [0.2, 0.25) is 5.88 Å². The van der Waals surface area contributed by atoms with E-state index in [4.69, 9.17) is 10.3 Å². The molecule has 0 spiro atoms. The molecule has 0 aliphatic carbocycles. The van der Waals surface area contributed by atoms with Gasteiger partial charge in [-0.2, -0.15) is 0 Å². The van der Waals surface area contributed by atoms with E-state index in [-0.39, 0.29) is 5.88 Å². The Morgan fingerprint density at radius 2 is 2.00 bits per heavy atom. The lowest BCUT2D eigenvalue weighted by molar-refractivity contribution is 0.439. The summed E-state index contributed by atoms with van der Waals surface area (Å²) >= 11 is 3.32. The number of hydrogen-bond acceptors (Lipinski definition) is 4. The van der Waals surface area contributed by atoms with Crippen LogP contribution in [0.2, 0.25) is 0 Å². The topological polar surface area (TPSA) is 64.9 Å². The minimum Gasteiger partial charge on any atom is -0.367 e. The van der Waals surface area contributed by atoms with Crippen LogP contribution in [0.3, 0.4) is 0 Å². The van der Waals surface area contributed by atoms with E-state index >= 15 is 0 Å². The maximum atomic E-state index is 14.1. The van der Waals surface area contributed by atoms with Crippen molar-refractivity contribution in [1.29, 1.82) is 0 Å². The first-order chi connectivity index (χ1) is 9.68. The third-order valence-corrected chi connectivity index (χ3v) is 3.53. The molecule has 0 fully saturated rings. The number of pyridine rings is 1. The van der Waals surface area contributed by atoms with Gasteiger partial charge in [0.15, 0.2) is 0 Å². The van der Waals surface area contributed by atoms with Crippen LogP contribution in [-0.4, -0.2) is 10.1 Å². The molecular formula is C14H9BrFN3O. The van der Waals surface area contributed by atoms with E-state index in [1.54, 1.807) is 30.6 Å². The van der Waals surface area contributed by atoms with Crippen LogP contribution in [0.1, 0.15) is 0 Å². The van der Waals surface area contributed by atoms with E-state index in [0.29, 0.717) is 21.3 Å². The first-order valence-corrected chi connectivity index (χ1v) is 6.57. The van der Waals surface area contributed by atoms with E-state index in [1.165, 1.54) is 6.07 Å². The Labute approximate surface area is 122 Å². The van der Waals surface area contributed by atoms with Gasteiger partial charge in [-0.25, -0.2) is 4.39 Å². The first kappa shape index (κ1) is 12.8. The summed E-state index contributed by atoms with van der Waals surface area (Å²) in [5.41, 5.74) is 7.73. The van der Waals surface area contributed by atoms with Gasteiger partial charge in [0, 0.05) is 22.4 Å². The second kappa shape index (κ2) is 5.05. The van der Waals surface area contributed by atoms with Gasteiger partial charge in [-0.05, 0) is 34.1 Å². The number of halogens is 2. The molecule has 2 N–H and O–H groups in total. The van der Waals surface area contributed by atoms with Gasteiger partial charge in [-0.15, -0.1) is 0 Å². The van der Waals surface area contributed by atoms with Gasteiger partial charge in [0.05, 0.1) is 11.1 Å². The summed E-state index contributed by atoms with van der Waals surface area (Å²) < 4.78 is 19.7. The van der Waals surface area contributed by atoms with Crippen molar-refractivity contribution < 1.29 is 8.91 Å². The Bertz CT molecular complexity index is 738. The van der Waals surface area contributed by atoms with Crippen molar-refractivity contribution in [2.45, 2.75) is 0 Å². The highest BCUT2D eigenvalue weighted by Gasteiger charge is 2.22. The van der Waals surface area contributed by atoms with Crippen LogP contribution in [0.15, 0.2) is 51.7 Å². The molecule has 3 aromatic rings. The third-order valence-electron chi connectivity index (χ3n) is 2.87. The number of hydrogen-bond donors (Lipinski definition) is 1. The van der Waals surface area contributed by atoms with Gasteiger partial charge < -0.3 is 10.3 Å². The van der Waals surface area contributed by atoms with Crippen LogP contribution in [0.4, 0.5) is 10.3 Å². The van der Waals surface area contributed by atoms with E-state index < -0.39 is 5.82 Å². The molecule has 0 unspecified atom stereocenters. The van der Waals surface area contributed by atoms with Crippen LogP contribution >= 0.6 is 15.9 Å². The molecule has 4 nitrogen and oxygen atoms in total. The van der Waals surface area contributed by atoms with Crippen LogP contribution in [0.25, 0.3) is 22.4 Å². The smallest absolute Gasteiger partial charge is 0.230 e. The van der Waals surface area contributed by atoms with Crippen molar-refractivity contribution in [3.8, 4) is 22.4 Å². The van der Waals surface area contributed by atoms with Crippen LogP contribution in [0, 0.1) is 5.82 Å². The molecule has 100 valence electrons. The molecule has 0 aliphatic heterocycles. The van der Waals surface area contributed by atoms with Crippen molar-refractivity contribution in [1.82, 2.24) is 10.1 Å². The van der Waals surface area contributed by atoms with Crippen molar-refractivity contribution in [3.05, 3.63) is 53.0 Å². The predicted molar refractivity (Wildman–Crippen MR) is 77.2 cm³/mol. The zero-order valence-corrected chi connectivity index (χ0v) is 11.8. The third kappa shape index (κ3) is 2.08. The zero-order valence-electron chi connectivity index (χ0n) is 10.2. The molecular weight excluding hydrogens is 325 g/mol. The normalized spacial score (nSPS) is 10.7. The van der Waals surface area contributed by atoms with E-state index in [2.05, 4.69) is 26.1 Å². The van der Waals surface area contributed by atoms with Crippen molar-refractivity contribution in [2.24, 2.45) is 0 Å². The molecule has 2 heterocycles. The molecule has 0 saturated carbocycles. The highest BCUT2D eigenvalue weighted by molar-refractivity contribution is 9.10. The highest BCUT2D eigenvalue weighted by atomic mass is 79.9. The van der Waals surface area contributed by atoms with Gasteiger partial charge in [-0.1, -0.05) is 17.3 Å². The number of nitrogens with two attached hydrogens (primary N) is 1. The second-order valence-corrected chi connectivity index (χ2v) is 4.96. The number of aromatic nitrogens is 2. The van der Waals surface area contributed by atoms with Crippen molar-refractivity contribution in [3.63, 3.8) is 0 Å². The van der Waals surface area contributed by atoms with Gasteiger partial charge in [0.1, 0.15) is 11.5 Å². The van der Waals surface area contributed by atoms with E-state index in [1.807, 2.05) is 6.07 Å². The molecule has 0 atom stereocenters. The fourth-order valence-electron chi connectivity index (χ4n) is 1.99. The van der Waals surface area contributed by atoms with E-state index in [0.717, 1.165) is 5.56 Å². The van der Waals surface area contributed by atoms with Crippen LogP contribution in [-0.2, 0) is 0 Å². The fraction of sp³-hybridized carbons (Fsp3) is 0. The summed E-state index contributed by atoms with van der Waals surface area (Å²) in [6.07, 6.45) is 3.27. The maximum absolute atomic E-state index is 14.1. The summed E-state index contributed by atoms with van der Waals surface area (Å²) in [6, 6.07) is 8.28. The standard InChI is InChI=1S/C14H9BrFN3O/c15-9-4-1-5-10(16)12(9)13-11(14(17)20-19-13)8-3-2-6-18-7-8/h1-7H,17H2. The maximum Gasteiger partial charge on any atom is 0.230 e. The first-order valence-electron chi connectivity index (χ1n) is 5.78. The molecule has 6 heteroatoms. The minimum atomic E-state index is -0.405. The SMILES string of the molecule is Nc1onc(-c2c(F)cccc2Br)c1-c1cccnc1. The number of nitrogens with zero attached hydrogens (tertiary/aromatic N) is 2. The van der Waals surface area contributed by atoms with Crippen LogP contribution < -0.4 is 5.73 Å². The fourth-order valence-corrected chi connectivity index (χ4v) is 2.52. The molecule has 0 aliphatic rings. The Morgan fingerprint density at radius 3 is 2.70 bits per heavy atom. The van der Waals surface area contributed by atoms with Crippen molar-refractivity contribution >= 4 is 21.8 Å². The lowest BCUT2D eigenvalue weighted by Crippen LogP contribution is -1.91. The Kier molecular flexibility index (Phi) is 3.23. The van der Waals surface area contributed by atoms with Gasteiger partial charge in [0.25, 0.3) is 0 Å². The highest BCUT2D eigenvalue weighted by Crippen LogP contribution is 2.39. The van der Waals surface area contributed by atoms with Gasteiger partial charge >= 0.3 is 0 Å². The number of nitrogen functional groups attached to an aromatic ring is 1. The summed E-state index contributed by atoms with van der Waals surface area (Å²) in [7, 11) is 0. The summed E-state index contributed by atoms with van der Waals surface area (Å²) in [4.78, 5) is 4.03. The molecule has 0 saturated heterocycles. The largest absolute Gasteiger partial charge is 0.367 e. The summed E-state index contributed by atoms with van der Waals surface area (Å²) in [5.74, 6) is -0.277. The van der Waals surface area contributed by atoms with E-state index in [9.17, 15) is 4.39 Å². The van der Waals surface area contributed by atoms with Gasteiger partial charge in [-0.3, -0.25) is 4.98 Å². The Hall–Kier alpha value is -2.21. The summed E-state index contributed by atoms with van der Waals surface area (Å²) in [5, 5.41) is 3.89. The second-order valence-electron chi connectivity index (χ2n) is 4.11. The molecule has 20 heavy (non-hydrogen) atoms. The molecule has 0 amide bonds. The number of rotatable bonds is 2. The Morgan fingerprint density at radius 1 is 1.15 bits per heavy atom. The number of anilines is 1. The minimum absolute atomic E-state index is 0.128. The zero-order chi connectivity index (χ0) is 14.1. The number of benzene rings is 1. The molecule has 2 aromatic heterocycles. The van der Waals surface area contributed by atoms with Crippen LogP contribution in [0.5, 0.6) is 0 Å². The molecule has 1 aromatic carbocycles. The molecule has 3 rings (SSSR count). The Balaban J connectivity index is 2.27. The lowest BCUT2D eigenvalue weighted by atomic mass is 10.0.